The Labute approximate surface area is 181 Å². The normalized spacial score (nSPS) is 13.4. The molecule has 6 heteroatoms. The van der Waals surface area contributed by atoms with Crippen LogP contribution in [0.1, 0.15) is 28.4 Å². The number of amides is 3. The van der Waals surface area contributed by atoms with Gasteiger partial charge >= 0.3 is 0 Å². The fourth-order valence-electron chi connectivity index (χ4n) is 4.12. The standard InChI is InChI=1S/C25H25N3O3/c1-16-8-4-5-9-19(16)14-27(17(2)24(30)26-3)22(29)15-28-21-13-7-11-18-10-6-12-20(23(18)21)25(28)31/h4-13,17H,14-15H2,1-3H3,(H,26,30)/t17-/m1/s1. The van der Waals surface area contributed by atoms with Gasteiger partial charge in [0.25, 0.3) is 5.91 Å². The number of nitrogens with zero attached hydrogens (tertiary/aromatic N) is 2. The highest BCUT2D eigenvalue weighted by molar-refractivity contribution is 6.26. The molecule has 0 saturated heterocycles. The van der Waals surface area contributed by atoms with Crippen LogP contribution in [-0.2, 0) is 16.1 Å². The van der Waals surface area contributed by atoms with E-state index in [0.29, 0.717) is 12.1 Å². The molecule has 3 aromatic rings. The zero-order valence-electron chi connectivity index (χ0n) is 17.9. The highest BCUT2D eigenvalue weighted by Gasteiger charge is 2.34. The molecule has 0 aliphatic carbocycles. The van der Waals surface area contributed by atoms with Crippen LogP contribution in [-0.4, -0.2) is 42.3 Å². The van der Waals surface area contributed by atoms with E-state index in [9.17, 15) is 14.4 Å². The predicted molar refractivity (Wildman–Crippen MR) is 121 cm³/mol. The van der Waals surface area contributed by atoms with E-state index < -0.39 is 6.04 Å². The summed E-state index contributed by atoms with van der Waals surface area (Å²) in [5.41, 5.74) is 3.34. The summed E-state index contributed by atoms with van der Waals surface area (Å²) >= 11 is 0. The molecule has 4 rings (SSSR count). The van der Waals surface area contributed by atoms with Gasteiger partial charge in [-0.05, 0) is 42.5 Å². The second-order valence-electron chi connectivity index (χ2n) is 7.81. The van der Waals surface area contributed by atoms with E-state index in [-0.39, 0.29) is 24.3 Å². The first-order valence-corrected chi connectivity index (χ1v) is 10.3. The maximum absolute atomic E-state index is 13.4. The first-order valence-electron chi connectivity index (χ1n) is 10.3. The third kappa shape index (κ3) is 3.65. The smallest absolute Gasteiger partial charge is 0.259 e. The average molecular weight is 415 g/mol. The summed E-state index contributed by atoms with van der Waals surface area (Å²) < 4.78 is 0. The molecule has 0 aromatic heterocycles. The van der Waals surface area contributed by atoms with Gasteiger partial charge in [-0.25, -0.2) is 0 Å². The van der Waals surface area contributed by atoms with Gasteiger partial charge in [-0.15, -0.1) is 0 Å². The molecule has 158 valence electrons. The zero-order chi connectivity index (χ0) is 22.1. The maximum Gasteiger partial charge on any atom is 0.259 e. The Morgan fingerprint density at radius 2 is 1.74 bits per heavy atom. The van der Waals surface area contributed by atoms with E-state index in [4.69, 9.17) is 0 Å². The summed E-state index contributed by atoms with van der Waals surface area (Å²) in [6, 6.07) is 18.4. The van der Waals surface area contributed by atoms with Crippen LogP contribution in [0.5, 0.6) is 0 Å². The van der Waals surface area contributed by atoms with Crippen molar-refractivity contribution in [2.24, 2.45) is 0 Å². The Balaban J connectivity index is 1.65. The number of benzene rings is 3. The number of hydrogen-bond acceptors (Lipinski definition) is 3. The highest BCUT2D eigenvalue weighted by atomic mass is 16.2. The quantitative estimate of drug-likeness (QED) is 0.672. The second kappa shape index (κ2) is 8.22. The van der Waals surface area contributed by atoms with Gasteiger partial charge in [-0.1, -0.05) is 48.5 Å². The van der Waals surface area contributed by atoms with Crippen LogP contribution in [0.4, 0.5) is 5.69 Å². The van der Waals surface area contributed by atoms with E-state index in [0.717, 1.165) is 27.6 Å². The van der Waals surface area contributed by atoms with Crippen LogP contribution >= 0.6 is 0 Å². The SMILES string of the molecule is CNC(=O)[C@@H](C)N(Cc1ccccc1C)C(=O)CN1C(=O)c2cccc3cccc1c23. The lowest BCUT2D eigenvalue weighted by Gasteiger charge is -2.30. The average Bonchev–Trinajstić information content (AvgIpc) is 3.05. The van der Waals surface area contributed by atoms with E-state index in [2.05, 4.69) is 5.32 Å². The minimum absolute atomic E-state index is 0.125. The fourth-order valence-corrected chi connectivity index (χ4v) is 4.12. The molecule has 1 atom stereocenters. The van der Waals surface area contributed by atoms with Gasteiger partial charge in [0.1, 0.15) is 12.6 Å². The summed E-state index contributed by atoms with van der Waals surface area (Å²) in [7, 11) is 1.55. The molecule has 3 aromatic carbocycles. The van der Waals surface area contributed by atoms with Crippen LogP contribution in [0.3, 0.4) is 0 Å². The minimum Gasteiger partial charge on any atom is -0.357 e. The molecule has 0 unspecified atom stereocenters. The van der Waals surface area contributed by atoms with Gasteiger partial charge in [0.05, 0.1) is 5.69 Å². The molecular weight excluding hydrogens is 390 g/mol. The van der Waals surface area contributed by atoms with Crippen LogP contribution in [0.15, 0.2) is 60.7 Å². The number of carbonyl (C=O) groups is 3. The summed E-state index contributed by atoms with van der Waals surface area (Å²) in [6.07, 6.45) is 0. The predicted octanol–water partition coefficient (Wildman–Crippen LogP) is 3.27. The monoisotopic (exact) mass is 415 g/mol. The van der Waals surface area contributed by atoms with Crippen molar-refractivity contribution in [3.63, 3.8) is 0 Å². The van der Waals surface area contributed by atoms with E-state index in [1.165, 1.54) is 9.80 Å². The Hall–Kier alpha value is -3.67. The van der Waals surface area contributed by atoms with Crippen molar-refractivity contribution in [3.8, 4) is 0 Å². The number of aryl methyl sites for hydroxylation is 1. The molecule has 0 saturated carbocycles. The van der Waals surface area contributed by atoms with Gasteiger partial charge < -0.3 is 10.2 Å². The first kappa shape index (κ1) is 20.6. The molecule has 1 aliphatic heterocycles. The maximum atomic E-state index is 13.4. The Morgan fingerprint density at radius 3 is 2.45 bits per heavy atom. The van der Waals surface area contributed by atoms with Crippen LogP contribution in [0.25, 0.3) is 10.8 Å². The van der Waals surface area contributed by atoms with Gasteiger partial charge in [0, 0.05) is 24.5 Å². The lowest BCUT2D eigenvalue weighted by Crippen LogP contribution is -2.50. The number of hydrogen-bond donors (Lipinski definition) is 1. The van der Waals surface area contributed by atoms with Crippen molar-refractivity contribution in [1.29, 1.82) is 0 Å². The van der Waals surface area contributed by atoms with Crippen molar-refractivity contribution < 1.29 is 14.4 Å². The van der Waals surface area contributed by atoms with Gasteiger partial charge in [0.15, 0.2) is 0 Å². The number of anilines is 1. The zero-order valence-corrected chi connectivity index (χ0v) is 17.9. The lowest BCUT2D eigenvalue weighted by atomic mass is 10.1. The third-order valence-corrected chi connectivity index (χ3v) is 5.96. The molecule has 1 heterocycles. The molecule has 6 nitrogen and oxygen atoms in total. The molecule has 3 amide bonds. The highest BCUT2D eigenvalue weighted by Crippen LogP contribution is 2.37. The van der Waals surface area contributed by atoms with Crippen molar-refractivity contribution >= 4 is 34.2 Å². The summed E-state index contributed by atoms with van der Waals surface area (Å²) in [5, 5.41) is 4.45. The largest absolute Gasteiger partial charge is 0.357 e. The van der Waals surface area contributed by atoms with Crippen LogP contribution in [0, 0.1) is 6.92 Å². The Morgan fingerprint density at radius 1 is 1.03 bits per heavy atom. The molecule has 0 fully saturated rings. The molecule has 31 heavy (non-hydrogen) atoms. The molecule has 1 N–H and O–H groups in total. The fraction of sp³-hybridized carbons (Fsp3) is 0.240. The molecular formula is C25H25N3O3. The minimum atomic E-state index is -0.673. The topological polar surface area (TPSA) is 69.7 Å². The van der Waals surface area contributed by atoms with Crippen molar-refractivity contribution in [2.75, 3.05) is 18.5 Å². The first-order chi connectivity index (χ1) is 14.9. The molecule has 1 aliphatic rings. The van der Waals surface area contributed by atoms with Gasteiger partial charge in [-0.2, -0.15) is 0 Å². The molecule has 0 bridgehead atoms. The van der Waals surface area contributed by atoms with Gasteiger partial charge in [-0.3, -0.25) is 19.3 Å². The number of nitrogens with one attached hydrogen (secondary N) is 1. The van der Waals surface area contributed by atoms with E-state index in [1.807, 2.05) is 61.5 Å². The molecule has 0 spiro atoms. The lowest BCUT2D eigenvalue weighted by molar-refractivity contribution is -0.139. The van der Waals surface area contributed by atoms with Crippen LogP contribution in [0.2, 0.25) is 0 Å². The Kier molecular flexibility index (Phi) is 5.46. The Bertz CT molecular complexity index is 1180. The summed E-state index contributed by atoms with van der Waals surface area (Å²) in [6.45, 7) is 3.85. The van der Waals surface area contributed by atoms with Gasteiger partial charge in [0.2, 0.25) is 11.8 Å². The summed E-state index contributed by atoms with van der Waals surface area (Å²) in [5.74, 6) is -0.721. The van der Waals surface area contributed by atoms with E-state index in [1.54, 1.807) is 20.0 Å². The third-order valence-electron chi connectivity index (χ3n) is 5.96. The van der Waals surface area contributed by atoms with Crippen molar-refractivity contribution in [3.05, 3.63) is 77.4 Å². The molecule has 0 radical (unpaired) electrons. The number of rotatable bonds is 6. The van der Waals surface area contributed by atoms with E-state index >= 15 is 0 Å². The second-order valence-corrected chi connectivity index (χ2v) is 7.81. The van der Waals surface area contributed by atoms with Crippen LogP contribution < -0.4 is 10.2 Å². The summed E-state index contributed by atoms with van der Waals surface area (Å²) in [4.78, 5) is 42.0. The number of likely N-dealkylation sites (N-methyl/N-ethyl adjacent to an activating group) is 1. The van der Waals surface area contributed by atoms with Crippen molar-refractivity contribution in [1.82, 2.24) is 10.2 Å². The van der Waals surface area contributed by atoms with Crippen molar-refractivity contribution in [2.45, 2.75) is 26.4 Å². The number of carbonyl (C=O) groups excluding carboxylic acids is 3.